The molecule has 28 heavy (non-hydrogen) atoms. The van der Waals surface area contributed by atoms with E-state index in [1.165, 1.54) is 19.3 Å². The van der Waals surface area contributed by atoms with Gasteiger partial charge in [-0.15, -0.1) is 0 Å². The fourth-order valence-corrected chi connectivity index (χ4v) is 4.49. The van der Waals surface area contributed by atoms with Crippen molar-refractivity contribution >= 4 is 5.91 Å². The lowest BCUT2D eigenvalue weighted by Gasteiger charge is -2.41. The Morgan fingerprint density at radius 3 is 2.39 bits per heavy atom. The fourth-order valence-electron chi connectivity index (χ4n) is 4.49. The number of β-amino-alcohol motifs (C(OH)–C–C–N with tert-alkyl or cyclic N) is 1. The van der Waals surface area contributed by atoms with E-state index in [0.29, 0.717) is 37.6 Å². The first-order valence-electron chi connectivity index (χ1n) is 10.5. The Labute approximate surface area is 168 Å². The third-order valence-corrected chi connectivity index (χ3v) is 5.98. The molecule has 0 radical (unpaired) electrons. The van der Waals surface area contributed by atoms with E-state index >= 15 is 0 Å². The summed E-state index contributed by atoms with van der Waals surface area (Å²) < 4.78 is 10.9. The van der Waals surface area contributed by atoms with Crippen LogP contribution in [0.4, 0.5) is 0 Å². The van der Waals surface area contributed by atoms with Gasteiger partial charge in [0, 0.05) is 25.2 Å². The van der Waals surface area contributed by atoms with Gasteiger partial charge in [-0.1, -0.05) is 31.4 Å². The van der Waals surface area contributed by atoms with Crippen LogP contribution in [0.15, 0.2) is 18.2 Å². The SMILES string of the molecule is COc1cccc(CN2CCC[C@](O)(CN3CCCCCCC3)C2=O)c1OC. The van der Waals surface area contributed by atoms with E-state index in [2.05, 4.69) is 4.90 Å². The highest BCUT2D eigenvalue weighted by molar-refractivity contribution is 5.86. The molecule has 1 aromatic carbocycles. The summed E-state index contributed by atoms with van der Waals surface area (Å²) in [5, 5.41) is 11.2. The number of carbonyl (C=O) groups is 1. The van der Waals surface area contributed by atoms with Gasteiger partial charge in [-0.25, -0.2) is 0 Å². The van der Waals surface area contributed by atoms with Crippen molar-refractivity contribution in [3.8, 4) is 11.5 Å². The summed E-state index contributed by atoms with van der Waals surface area (Å²) in [6.45, 7) is 3.46. The van der Waals surface area contributed by atoms with Gasteiger partial charge in [0.15, 0.2) is 17.1 Å². The number of ether oxygens (including phenoxy) is 2. The van der Waals surface area contributed by atoms with Crippen LogP contribution in [0.25, 0.3) is 0 Å². The van der Waals surface area contributed by atoms with Crippen LogP contribution in [0.3, 0.4) is 0 Å². The summed E-state index contributed by atoms with van der Waals surface area (Å²) in [7, 11) is 3.22. The molecule has 1 atom stereocenters. The number of aliphatic hydroxyl groups is 1. The monoisotopic (exact) mass is 390 g/mol. The van der Waals surface area contributed by atoms with Crippen LogP contribution >= 0.6 is 0 Å². The minimum absolute atomic E-state index is 0.161. The fraction of sp³-hybridized carbons (Fsp3) is 0.682. The van der Waals surface area contributed by atoms with Gasteiger partial charge < -0.3 is 19.5 Å². The van der Waals surface area contributed by atoms with Gasteiger partial charge in [-0.05, 0) is 44.8 Å². The van der Waals surface area contributed by atoms with E-state index in [9.17, 15) is 9.90 Å². The van der Waals surface area contributed by atoms with Crippen molar-refractivity contribution in [2.24, 2.45) is 0 Å². The zero-order chi connectivity index (χ0) is 20.0. The van der Waals surface area contributed by atoms with Gasteiger partial charge in [-0.3, -0.25) is 9.69 Å². The molecule has 0 spiro atoms. The number of methoxy groups -OCH3 is 2. The van der Waals surface area contributed by atoms with Crippen LogP contribution < -0.4 is 9.47 Å². The number of hydrogen-bond donors (Lipinski definition) is 1. The van der Waals surface area contributed by atoms with Gasteiger partial charge in [0.25, 0.3) is 5.91 Å². The summed E-state index contributed by atoms with van der Waals surface area (Å²) in [6, 6.07) is 5.69. The molecule has 1 aromatic rings. The number of likely N-dealkylation sites (tertiary alicyclic amines) is 2. The predicted molar refractivity (Wildman–Crippen MR) is 109 cm³/mol. The number of amides is 1. The van der Waals surface area contributed by atoms with Gasteiger partial charge in [-0.2, -0.15) is 0 Å². The van der Waals surface area contributed by atoms with E-state index in [0.717, 1.165) is 37.9 Å². The Balaban J connectivity index is 1.71. The maximum absolute atomic E-state index is 13.2. The molecular weight excluding hydrogens is 356 g/mol. The summed E-state index contributed by atoms with van der Waals surface area (Å²) in [6.07, 6.45) is 7.42. The number of carbonyl (C=O) groups excluding carboxylic acids is 1. The van der Waals surface area contributed by atoms with Gasteiger partial charge in [0.05, 0.1) is 14.2 Å². The molecule has 2 saturated heterocycles. The van der Waals surface area contributed by atoms with Crippen molar-refractivity contribution in [3.05, 3.63) is 23.8 Å². The lowest BCUT2D eigenvalue weighted by molar-refractivity contribution is -0.160. The molecule has 0 aromatic heterocycles. The van der Waals surface area contributed by atoms with Crippen LogP contribution in [-0.4, -0.2) is 66.8 Å². The second-order valence-electron chi connectivity index (χ2n) is 8.06. The number of hydrogen-bond acceptors (Lipinski definition) is 5. The molecule has 6 heteroatoms. The van der Waals surface area contributed by atoms with Crippen molar-refractivity contribution < 1.29 is 19.4 Å². The number of piperidine rings is 1. The Morgan fingerprint density at radius 1 is 1.00 bits per heavy atom. The molecular formula is C22H34N2O4. The first-order chi connectivity index (χ1) is 13.6. The molecule has 3 rings (SSSR count). The lowest BCUT2D eigenvalue weighted by atomic mass is 9.90. The summed E-state index contributed by atoms with van der Waals surface area (Å²) in [5.41, 5.74) is -0.394. The van der Waals surface area contributed by atoms with Crippen LogP contribution in [-0.2, 0) is 11.3 Å². The Kier molecular flexibility index (Phi) is 7.18. The Morgan fingerprint density at radius 2 is 1.71 bits per heavy atom. The highest BCUT2D eigenvalue weighted by Crippen LogP contribution is 2.33. The topological polar surface area (TPSA) is 62.2 Å². The standard InChI is InChI=1S/C22H34N2O4/c1-27-19-11-8-10-18(20(19)28-2)16-24-15-9-12-22(26,21(24)25)17-23-13-6-4-3-5-7-14-23/h8,10-11,26H,3-7,9,12-17H2,1-2H3/t22-/m0/s1. The first kappa shape index (κ1) is 20.9. The van der Waals surface area contributed by atoms with Gasteiger partial charge in [0.2, 0.25) is 0 Å². The average molecular weight is 391 g/mol. The van der Waals surface area contributed by atoms with Crippen molar-refractivity contribution in [2.75, 3.05) is 40.4 Å². The number of benzene rings is 1. The molecule has 0 bridgehead atoms. The maximum Gasteiger partial charge on any atom is 0.256 e. The number of rotatable bonds is 6. The molecule has 2 fully saturated rings. The molecule has 6 nitrogen and oxygen atoms in total. The number of nitrogens with zero attached hydrogens (tertiary/aromatic N) is 2. The van der Waals surface area contributed by atoms with Crippen LogP contribution in [0, 0.1) is 0 Å². The molecule has 2 heterocycles. The quantitative estimate of drug-likeness (QED) is 0.809. The van der Waals surface area contributed by atoms with Crippen molar-refractivity contribution in [3.63, 3.8) is 0 Å². The normalized spacial score (nSPS) is 24.5. The molecule has 0 saturated carbocycles. The van der Waals surface area contributed by atoms with Crippen molar-refractivity contribution in [1.82, 2.24) is 9.80 Å². The van der Waals surface area contributed by atoms with E-state index in [4.69, 9.17) is 9.47 Å². The summed E-state index contributed by atoms with van der Waals surface area (Å²) >= 11 is 0. The predicted octanol–water partition coefficient (Wildman–Crippen LogP) is 2.82. The second-order valence-corrected chi connectivity index (χ2v) is 8.06. The highest BCUT2D eigenvalue weighted by Gasteiger charge is 2.43. The van der Waals surface area contributed by atoms with E-state index < -0.39 is 5.60 Å². The molecule has 2 aliphatic heterocycles. The third kappa shape index (κ3) is 4.78. The van der Waals surface area contributed by atoms with Crippen molar-refractivity contribution in [2.45, 2.75) is 57.1 Å². The largest absolute Gasteiger partial charge is 0.493 e. The Hall–Kier alpha value is -1.79. The molecule has 1 N–H and O–H groups in total. The minimum Gasteiger partial charge on any atom is -0.493 e. The van der Waals surface area contributed by atoms with Gasteiger partial charge in [0.1, 0.15) is 0 Å². The van der Waals surface area contributed by atoms with Crippen LogP contribution in [0.2, 0.25) is 0 Å². The number of para-hydroxylation sites is 1. The van der Waals surface area contributed by atoms with Crippen LogP contribution in [0.5, 0.6) is 11.5 Å². The molecule has 0 unspecified atom stereocenters. The second kappa shape index (κ2) is 9.61. The lowest BCUT2D eigenvalue weighted by Crippen LogP contribution is -2.58. The van der Waals surface area contributed by atoms with Crippen molar-refractivity contribution in [1.29, 1.82) is 0 Å². The highest BCUT2D eigenvalue weighted by atomic mass is 16.5. The molecule has 1 amide bonds. The van der Waals surface area contributed by atoms with Crippen LogP contribution in [0.1, 0.15) is 50.5 Å². The molecule has 156 valence electrons. The average Bonchev–Trinajstić information content (AvgIpc) is 2.67. The summed E-state index contributed by atoms with van der Waals surface area (Å²) in [5.74, 6) is 1.14. The summed E-state index contributed by atoms with van der Waals surface area (Å²) in [4.78, 5) is 17.3. The zero-order valence-electron chi connectivity index (χ0n) is 17.3. The maximum atomic E-state index is 13.2. The smallest absolute Gasteiger partial charge is 0.256 e. The third-order valence-electron chi connectivity index (χ3n) is 5.98. The minimum atomic E-state index is -1.29. The van der Waals surface area contributed by atoms with E-state index in [-0.39, 0.29) is 5.91 Å². The van der Waals surface area contributed by atoms with E-state index in [1.807, 2.05) is 18.2 Å². The van der Waals surface area contributed by atoms with Gasteiger partial charge >= 0.3 is 0 Å². The Bertz CT molecular complexity index is 658. The first-order valence-corrected chi connectivity index (χ1v) is 10.5. The zero-order valence-corrected chi connectivity index (χ0v) is 17.3. The molecule has 2 aliphatic rings. The molecule has 0 aliphatic carbocycles. The van der Waals surface area contributed by atoms with E-state index in [1.54, 1.807) is 19.1 Å².